The lowest BCUT2D eigenvalue weighted by Gasteiger charge is -2.25. The lowest BCUT2D eigenvalue weighted by atomic mass is 9.99. The van der Waals surface area contributed by atoms with Gasteiger partial charge in [0.25, 0.3) is 0 Å². The minimum Gasteiger partial charge on any atom is -0.492 e. The van der Waals surface area contributed by atoms with Gasteiger partial charge in [0, 0.05) is 18.2 Å². The summed E-state index contributed by atoms with van der Waals surface area (Å²) in [5, 5.41) is 3.96. The predicted octanol–water partition coefficient (Wildman–Crippen LogP) is 3.51. The molecular weight excluding hydrogens is 262 g/mol. The van der Waals surface area contributed by atoms with Gasteiger partial charge in [0.2, 0.25) is 0 Å². The minimum absolute atomic E-state index is 0.0921. The van der Waals surface area contributed by atoms with Crippen molar-refractivity contribution in [2.24, 2.45) is 0 Å². The first-order valence-corrected chi connectivity index (χ1v) is 6.95. The summed E-state index contributed by atoms with van der Waals surface area (Å²) in [6.07, 6.45) is 1.98. The van der Waals surface area contributed by atoms with Gasteiger partial charge in [0.15, 0.2) is 0 Å². The van der Waals surface area contributed by atoms with Crippen LogP contribution in [0.25, 0.3) is 0 Å². The zero-order chi connectivity index (χ0) is 14.3. The van der Waals surface area contributed by atoms with Crippen LogP contribution in [-0.4, -0.2) is 32.4 Å². The topological polar surface area (TPSA) is 30.5 Å². The van der Waals surface area contributed by atoms with Crippen molar-refractivity contribution in [2.75, 3.05) is 20.8 Å². The molecule has 1 N–H and O–H groups in total. The Morgan fingerprint density at radius 1 is 1.37 bits per heavy atom. The van der Waals surface area contributed by atoms with E-state index >= 15 is 0 Å². The second-order valence-electron chi connectivity index (χ2n) is 5.26. The van der Waals surface area contributed by atoms with Crippen molar-refractivity contribution in [3.05, 3.63) is 29.3 Å². The average Bonchev–Trinajstić information content (AvgIpc) is 2.39. The summed E-state index contributed by atoms with van der Waals surface area (Å²) in [5.41, 5.74) is -0.0921. The van der Waals surface area contributed by atoms with E-state index in [9.17, 15) is 0 Å². The van der Waals surface area contributed by atoms with Crippen molar-refractivity contribution in [3.8, 4) is 5.75 Å². The Balaban J connectivity index is 2.40. The molecule has 1 aromatic rings. The highest BCUT2D eigenvalue weighted by Crippen LogP contribution is 2.19. The predicted molar refractivity (Wildman–Crippen MR) is 80.1 cm³/mol. The zero-order valence-electron chi connectivity index (χ0n) is 12.2. The maximum atomic E-state index is 5.92. The lowest BCUT2D eigenvalue weighted by Crippen LogP contribution is -2.34. The first-order chi connectivity index (χ1) is 8.96. The van der Waals surface area contributed by atoms with Crippen LogP contribution in [0, 0.1) is 0 Å². The number of hydrogen-bond acceptors (Lipinski definition) is 3. The van der Waals surface area contributed by atoms with E-state index in [1.807, 2.05) is 31.3 Å². The molecular formula is C15H24ClNO2. The quantitative estimate of drug-likeness (QED) is 0.793. The Morgan fingerprint density at radius 3 is 2.68 bits per heavy atom. The summed E-state index contributed by atoms with van der Waals surface area (Å²) >= 11 is 5.92. The number of ether oxygens (including phenoxy) is 2. The van der Waals surface area contributed by atoms with Crippen molar-refractivity contribution in [1.82, 2.24) is 5.32 Å². The molecule has 19 heavy (non-hydrogen) atoms. The number of benzene rings is 1. The third-order valence-corrected chi connectivity index (χ3v) is 3.54. The monoisotopic (exact) mass is 285 g/mol. The number of nitrogens with one attached hydrogen (secondary N) is 1. The van der Waals surface area contributed by atoms with Gasteiger partial charge in [-0.15, -0.1) is 0 Å². The Kier molecular flexibility index (Phi) is 6.63. The van der Waals surface area contributed by atoms with Crippen LogP contribution in [0.5, 0.6) is 5.75 Å². The smallest absolute Gasteiger partial charge is 0.120 e. The second-order valence-corrected chi connectivity index (χ2v) is 5.69. The van der Waals surface area contributed by atoms with E-state index < -0.39 is 0 Å². The standard InChI is InChI=1S/C15H24ClNO2/c1-15(2,18-4)9-8-13(17-3)11-19-14-7-5-6-12(16)10-14/h5-7,10,13,17H,8-9,11H2,1-4H3. The van der Waals surface area contributed by atoms with Gasteiger partial charge in [-0.25, -0.2) is 0 Å². The van der Waals surface area contributed by atoms with Gasteiger partial charge in [0.05, 0.1) is 5.60 Å². The molecule has 4 heteroatoms. The van der Waals surface area contributed by atoms with Crippen molar-refractivity contribution in [1.29, 1.82) is 0 Å². The summed E-state index contributed by atoms with van der Waals surface area (Å²) in [7, 11) is 3.70. The molecule has 0 aliphatic rings. The number of methoxy groups -OCH3 is 1. The summed E-state index contributed by atoms with van der Waals surface area (Å²) < 4.78 is 11.2. The minimum atomic E-state index is -0.0921. The molecule has 0 fully saturated rings. The zero-order valence-corrected chi connectivity index (χ0v) is 13.0. The molecule has 1 aromatic carbocycles. The highest BCUT2D eigenvalue weighted by Gasteiger charge is 2.18. The highest BCUT2D eigenvalue weighted by atomic mass is 35.5. The van der Waals surface area contributed by atoms with Crippen LogP contribution in [0.3, 0.4) is 0 Å². The maximum absolute atomic E-state index is 5.92. The summed E-state index contributed by atoms with van der Waals surface area (Å²) in [6.45, 7) is 4.81. The van der Waals surface area contributed by atoms with E-state index in [4.69, 9.17) is 21.1 Å². The molecule has 0 spiro atoms. The first kappa shape index (κ1) is 16.3. The van der Waals surface area contributed by atoms with Crippen molar-refractivity contribution >= 4 is 11.6 Å². The molecule has 0 saturated carbocycles. The SMILES string of the molecule is CNC(CCC(C)(C)OC)COc1cccc(Cl)c1. The molecule has 1 unspecified atom stereocenters. The molecule has 1 rings (SSSR count). The van der Waals surface area contributed by atoms with Crippen molar-refractivity contribution < 1.29 is 9.47 Å². The van der Waals surface area contributed by atoms with E-state index in [0.717, 1.165) is 18.6 Å². The van der Waals surface area contributed by atoms with E-state index in [0.29, 0.717) is 17.7 Å². The molecule has 0 aliphatic carbocycles. The molecule has 1 atom stereocenters. The maximum Gasteiger partial charge on any atom is 0.120 e. The fraction of sp³-hybridized carbons (Fsp3) is 0.600. The van der Waals surface area contributed by atoms with Gasteiger partial charge in [0.1, 0.15) is 12.4 Å². The molecule has 0 aromatic heterocycles. The van der Waals surface area contributed by atoms with Crippen LogP contribution >= 0.6 is 11.6 Å². The third kappa shape index (κ3) is 6.28. The van der Waals surface area contributed by atoms with Crippen molar-refractivity contribution in [3.63, 3.8) is 0 Å². The van der Waals surface area contributed by atoms with Crippen LogP contribution in [-0.2, 0) is 4.74 Å². The van der Waals surface area contributed by atoms with Crippen LogP contribution in [0.4, 0.5) is 0 Å². The van der Waals surface area contributed by atoms with Crippen LogP contribution in [0.1, 0.15) is 26.7 Å². The van der Waals surface area contributed by atoms with Gasteiger partial charge in [-0.05, 0) is 51.9 Å². The summed E-state index contributed by atoms with van der Waals surface area (Å²) in [4.78, 5) is 0. The molecule has 0 amide bonds. The van der Waals surface area contributed by atoms with Gasteiger partial charge >= 0.3 is 0 Å². The molecule has 108 valence electrons. The summed E-state index contributed by atoms with van der Waals surface area (Å²) in [6, 6.07) is 7.77. The number of likely N-dealkylation sites (N-methyl/N-ethyl adjacent to an activating group) is 1. The normalized spacial score (nSPS) is 13.3. The van der Waals surface area contributed by atoms with E-state index in [-0.39, 0.29) is 5.60 Å². The van der Waals surface area contributed by atoms with Gasteiger partial charge in [-0.3, -0.25) is 0 Å². The van der Waals surface area contributed by atoms with Crippen LogP contribution < -0.4 is 10.1 Å². The third-order valence-electron chi connectivity index (χ3n) is 3.30. The fourth-order valence-electron chi connectivity index (χ4n) is 1.69. The molecule has 0 bridgehead atoms. The molecule has 0 radical (unpaired) electrons. The Bertz CT molecular complexity index is 382. The molecule has 0 heterocycles. The molecule has 0 saturated heterocycles. The van der Waals surface area contributed by atoms with Gasteiger partial charge in [-0.2, -0.15) is 0 Å². The second kappa shape index (κ2) is 7.73. The highest BCUT2D eigenvalue weighted by molar-refractivity contribution is 6.30. The van der Waals surface area contributed by atoms with Gasteiger partial charge in [-0.1, -0.05) is 17.7 Å². The van der Waals surface area contributed by atoms with E-state index in [1.165, 1.54) is 0 Å². The molecule has 3 nitrogen and oxygen atoms in total. The van der Waals surface area contributed by atoms with E-state index in [2.05, 4.69) is 19.2 Å². The van der Waals surface area contributed by atoms with E-state index in [1.54, 1.807) is 7.11 Å². The number of rotatable bonds is 8. The first-order valence-electron chi connectivity index (χ1n) is 6.57. The fourth-order valence-corrected chi connectivity index (χ4v) is 1.87. The molecule has 0 aliphatic heterocycles. The largest absolute Gasteiger partial charge is 0.492 e. The van der Waals surface area contributed by atoms with Crippen LogP contribution in [0.15, 0.2) is 24.3 Å². The lowest BCUT2D eigenvalue weighted by molar-refractivity contribution is 0.0108. The van der Waals surface area contributed by atoms with Gasteiger partial charge < -0.3 is 14.8 Å². The number of hydrogen-bond donors (Lipinski definition) is 1. The Morgan fingerprint density at radius 2 is 2.11 bits per heavy atom. The average molecular weight is 286 g/mol. The summed E-state index contributed by atoms with van der Waals surface area (Å²) in [5.74, 6) is 0.804. The number of halogens is 1. The Labute approximate surface area is 121 Å². The van der Waals surface area contributed by atoms with Crippen molar-refractivity contribution in [2.45, 2.75) is 38.3 Å². The Hall–Kier alpha value is -0.770. The van der Waals surface area contributed by atoms with Crippen LogP contribution in [0.2, 0.25) is 5.02 Å².